The van der Waals surface area contributed by atoms with Crippen molar-refractivity contribution in [3.8, 4) is 0 Å². The van der Waals surface area contributed by atoms with Crippen LogP contribution in [0.5, 0.6) is 0 Å². The molecule has 0 spiro atoms. The Bertz CT molecular complexity index is 97.1. The highest BCUT2D eigenvalue weighted by molar-refractivity contribution is 4.84. The predicted octanol–water partition coefficient (Wildman–Crippen LogP) is -1.13. The number of likely N-dealkylation sites (tertiary alicyclic amines) is 1. The van der Waals surface area contributed by atoms with E-state index < -0.39 is 0 Å². The summed E-state index contributed by atoms with van der Waals surface area (Å²) in [5.74, 6) is 0.301. The zero-order chi connectivity index (χ0) is 6.85. The minimum atomic E-state index is 0.181. The molecule has 1 saturated heterocycles. The Morgan fingerprint density at radius 3 is 2.56 bits per heavy atom. The van der Waals surface area contributed by atoms with Crippen LogP contribution in [-0.4, -0.2) is 42.8 Å². The van der Waals surface area contributed by atoms with Crippen LogP contribution >= 0.6 is 0 Å². The fraction of sp³-hybridized carbons (Fsp3) is 1.00. The van der Waals surface area contributed by atoms with Crippen LogP contribution in [-0.2, 0) is 0 Å². The first-order valence-electron chi connectivity index (χ1n) is 3.29. The number of nitrogens with two attached hydrogens (primary N) is 1. The van der Waals surface area contributed by atoms with Crippen molar-refractivity contribution >= 4 is 0 Å². The summed E-state index contributed by atoms with van der Waals surface area (Å²) in [7, 11) is 2.02. The smallest absolute Gasteiger partial charge is 0.0486 e. The van der Waals surface area contributed by atoms with E-state index in [4.69, 9.17) is 10.8 Å². The van der Waals surface area contributed by atoms with Gasteiger partial charge in [-0.05, 0) is 7.05 Å². The summed E-state index contributed by atoms with van der Waals surface area (Å²) < 4.78 is 0. The summed E-state index contributed by atoms with van der Waals surface area (Å²) >= 11 is 0. The van der Waals surface area contributed by atoms with Crippen molar-refractivity contribution in [3.63, 3.8) is 0 Å². The summed E-state index contributed by atoms with van der Waals surface area (Å²) in [6.45, 7) is 2.09. The maximum Gasteiger partial charge on any atom is 0.0486 e. The van der Waals surface area contributed by atoms with Crippen LogP contribution in [0.3, 0.4) is 0 Å². The Kier molecular flexibility index (Phi) is 2.05. The summed E-state index contributed by atoms with van der Waals surface area (Å²) in [5, 5.41) is 8.75. The lowest BCUT2D eigenvalue weighted by Gasteiger charge is -2.08. The molecule has 1 rings (SSSR count). The predicted molar refractivity (Wildman–Crippen MR) is 36.0 cm³/mol. The van der Waals surface area contributed by atoms with Gasteiger partial charge in [-0.3, -0.25) is 0 Å². The molecule has 0 bridgehead atoms. The van der Waals surface area contributed by atoms with Crippen molar-refractivity contribution in [3.05, 3.63) is 0 Å². The van der Waals surface area contributed by atoms with E-state index >= 15 is 0 Å². The molecule has 9 heavy (non-hydrogen) atoms. The SMILES string of the molecule is CN1CC(N)[C@H](CO)C1. The highest BCUT2D eigenvalue weighted by Gasteiger charge is 2.26. The molecule has 0 radical (unpaired) electrons. The molecule has 1 fully saturated rings. The van der Waals surface area contributed by atoms with Crippen LogP contribution in [0.2, 0.25) is 0 Å². The molecule has 1 heterocycles. The molecule has 3 heteroatoms. The molecule has 2 atom stereocenters. The van der Waals surface area contributed by atoms with E-state index in [0.29, 0.717) is 5.92 Å². The van der Waals surface area contributed by atoms with Gasteiger partial charge in [0.2, 0.25) is 0 Å². The number of aliphatic hydroxyl groups is 1. The quantitative estimate of drug-likeness (QED) is 0.472. The Morgan fingerprint density at radius 2 is 2.33 bits per heavy atom. The van der Waals surface area contributed by atoms with Crippen LogP contribution < -0.4 is 5.73 Å². The summed E-state index contributed by atoms with van der Waals surface area (Å²) in [4.78, 5) is 2.14. The molecule has 3 N–H and O–H groups in total. The fourth-order valence-corrected chi connectivity index (χ4v) is 1.31. The van der Waals surface area contributed by atoms with Gasteiger partial charge in [0, 0.05) is 31.7 Å². The fourth-order valence-electron chi connectivity index (χ4n) is 1.31. The Labute approximate surface area is 55.5 Å². The van der Waals surface area contributed by atoms with Gasteiger partial charge in [0.15, 0.2) is 0 Å². The number of likely N-dealkylation sites (N-methyl/N-ethyl adjacent to an activating group) is 1. The van der Waals surface area contributed by atoms with E-state index in [1.807, 2.05) is 7.05 Å². The number of hydrogen-bond donors (Lipinski definition) is 2. The maximum absolute atomic E-state index is 8.75. The van der Waals surface area contributed by atoms with Gasteiger partial charge < -0.3 is 15.7 Å². The van der Waals surface area contributed by atoms with E-state index in [-0.39, 0.29) is 12.6 Å². The molecule has 0 aromatic carbocycles. The average molecular weight is 130 g/mol. The van der Waals surface area contributed by atoms with Gasteiger partial charge in [-0.2, -0.15) is 0 Å². The number of hydrogen-bond acceptors (Lipinski definition) is 3. The van der Waals surface area contributed by atoms with Crippen LogP contribution in [0.25, 0.3) is 0 Å². The molecule has 1 aliphatic heterocycles. The van der Waals surface area contributed by atoms with Gasteiger partial charge in [-0.15, -0.1) is 0 Å². The largest absolute Gasteiger partial charge is 0.396 e. The lowest BCUT2D eigenvalue weighted by molar-refractivity contribution is 0.220. The third-order valence-corrected chi connectivity index (χ3v) is 1.91. The van der Waals surface area contributed by atoms with Gasteiger partial charge in [0.25, 0.3) is 0 Å². The van der Waals surface area contributed by atoms with Crippen LogP contribution in [0.15, 0.2) is 0 Å². The molecule has 0 saturated carbocycles. The molecule has 0 aromatic rings. The van der Waals surface area contributed by atoms with Gasteiger partial charge >= 0.3 is 0 Å². The maximum atomic E-state index is 8.75. The van der Waals surface area contributed by atoms with Crippen molar-refractivity contribution in [1.82, 2.24) is 4.90 Å². The molecule has 1 unspecified atom stereocenters. The molecule has 0 aliphatic carbocycles. The third-order valence-electron chi connectivity index (χ3n) is 1.91. The van der Waals surface area contributed by atoms with Crippen LogP contribution in [0, 0.1) is 5.92 Å². The number of nitrogens with zero attached hydrogens (tertiary/aromatic N) is 1. The van der Waals surface area contributed by atoms with E-state index in [1.165, 1.54) is 0 Å². The van der Waals surface area contributed by atoms with Gasteiger partial charge in [0.05, 0.1) is 0 Å². The second kappa shape index (κ2) is 2.64. The minimum Gasteiger partial charge on any atom is -0.396 e. The molecule has 54 valence electrons. The van der Waals surface area contributed by atoms with E-state index in [1.54, 1.807) is 0 Å². The van der Waals surface area contributed by atoms with Gasteiger partial charge in [-0.25, -0.2) is 0 Å². The number of aliphatic hydroxyl groups excluding tert-OH is 1. The Balaban J connectivity index is 2.38. The van der Waals surface area contributed by atoms with Gasteiger partial charge in [-0.1, -0.05) is 0 Å². The molecule has 0 amide bonds. The van der Waals surface area contributed by atoms with Crippen molar-refractivity contribution in [2.45, 2.75) is 6.04 Å². The second-order valence-electron chi connectivity index (χ2n) is 2.83. The third kappa shape index (κ3) is 1.41. The van der Waals surface area contributed by atoms with Gasteiger partial charge in [0.1, 0.15) is 0 Å². The van der Waals surface area contributed by atoms with E-state index in [2.05, 4.69) is 4.90 Å². The van der Waals surface area contributed by atoms with Crippen molar-refractivity contribution in [1.29, 1.82) is 0 Å². The number of rotatable bonds is 1. The second-order valence-corrected chi connectivity index (χ2v) is 2.83. The first-order valence-corrected chi connectivity index (χ1v) is 3.29. The first kappa shape index (κ1) is 6.99. The molecule has 1 aliphatic rings. The van der Waals surface area contributed by atoms with Crippen LogP contribution in [0.1, 0.15) is 0 Å². The zero-order valence-electron chi connectivity index (χ0n) is 5.75. The molecule has 0 aromatic heterocycles. The van der Waals surface area contributed by atoms with Crippen molar-refractivity contribution in [2.24, 2.45) is 11.7 Å². The van der Waals surface area contributed by atoms with E-state index in [9.17, 15) is 0 Å². The summed E-state index contributed by atoms with van der Waals surface area (Å²) in [6.07, 6.45) is 0. The Hall–Kier alpha value is -0.120. The lowest BCUT2D eigenvalue weighted by atomic mass is 10.1. The zero-order valence-corrected chi connectivity index (χ0v) is 5.75. The van der Waals surface area contributed by atoms with Crippen molar-refractivity contribution in [2.75, 3.05) is 26.7 Å². The Morgan fingerprint density at radius 1 is 1.67 bits per heavy atom. The molecule has 3 nitrogen and oxygen atoms in total. The van der Waals surface area contributed by atoms with E-state index in [0.717, 1.165) is 13.1 Å². The summed E-state index contributed by atoms with van der Waals surface area (Å²) in [6, 6.07) is 0.181. The first-order chi connectivity index (χ1) is 4.24. The molecular weight excluding hydrogens is 116 g/mol. The normalized spacial score (nSPS) is 37.7. The highest BCUT2D eigenvalue weighted by atomic mass is 16.3. The highest BCUT2D eigenvalue weighted by Crippen LogP contribution is 2.11. The summed E-state index contributed by atoms with van der Waals surface area (Å²) in [5.41, 5.74) is 5.68. The average Bonchev–Trinajstić information content (AvgIpc) is 2.10. The molecular formula is C6H14N2O. The minimum absolute atomic E-state index is 0.181. The topological polar surface area (TPSA) is 49.5 Å². The van der Waals surface area contributed by atoms with Crippen LogP contribution in [0.4, 0.5) is 0 Å². The lowest BCUT2D eigenvalue weighted by Crippen LogP contribution is -2.30. The standard InChI is InChI=1S/C6H14N2O/c1-8-2-5(4-9)6(7)3-8/h5-6,9H,2-4,7H2,1H3/t5-,6?/m0/s1. The monoisotopic (exact) mass is 130 g/mol. The van der Waals surface area contributed by atoms with Crippen molar-refractivity contribution < 1.29 is 5.11 Å².